The number of anilines is 2. The lowest BCUT2D eigenvalue weighted by atomic mass is 10.1. The Kier molecular flexibility index (Phi) is 6.32. The molecule has 1 fully saturated rings. The van der Waals surface area contributed by atoms with Crippen LogP contribution in [0.5, 0.6) is 0 Å². The number of nitrogens with one attached hydrogen (secondary N) is 1. The highest BCUT2D eigenvalue weighted by Crippen LogP contribution is 2.25. The molecule has 1 aliphatic heterocycles. The summed E-state index contributed by atoms with van der Waals surface area (Å²) >= 11 is 0. The summed E-state index contributed by atoms with van der Waals surface area (Å²) in [5, 5.41) is 3.02. The maximum Gasteiger partial charge on any atom is 0.229 e. The molecule has 0 atom stereocenters. The monoisotopic (exact) mass is 494 g/mol. The summed E-state index contributed by atoms with van der Waals surface area (Å²) in [6.07, 6.45) is 7.29. The molecule has 0 radical (unpaired) electrons. The number of benzene rings is 1. The first-order valence-corrected chi connectivity index (χ1v) is 12.8. The lowest BCUT2D eigenvalue weighted by molar-refractivity contribution is 0.182. The molecule has 12 heteroatoms. The Morgan fingerprint density at radius 3 is 2.43 bits per heavy atom. The Morgan fingerprint density at radius 2 is 1.71 bits per heavy atom. The number of sulfonamides is 1. The molecule has 4 aromatic rings. The van der Waals surface area contributed by atoms with E-state index in [-0.39, 0.29) is 11.6 Å². The molecule has 1 saturated heterocycles. The van der Waals surface area contributed by atoms with Gasteiger partial charge in [0.25, 0.3) is 0 Å². The summed E-state index contributed by atoms with van der Waals surface area (Å²) in [5.41, 5.74) is 3.08. The van der Waals surface area contributed by atoms with Gasteiger partial charge in [-0.15, -0.1) is 0 Å². The van der Waals surface area contributed by atoms with Crippen molar-refractivity contribution in [3.63, 3.8) is 0 Å². The summed E-state index contributed by atoms with van der Waals surface area (Å²) < 4.78 is 39.3. The second-order valence-corrected chi connectivity index (χ2v) is 10.2. The van der Waals surface area contributed by atoms with Crippen LogP contribution < -0.4 is 5.32 Å². The maximum atomic E-state index is 14.5. The summed E-state index contributed by atoms with van der Waals surface area (Å²) in [5.74, 6) is 0.202. The van der Waals surface area contributed by atoms with Gasteiger partial charge in [-0.2, -0.15) is 4.31 Å². The minimum absolute atomic E-state index is 0.153. The fourth-order valence-electron chi connectivity index (χ4n) is 3.92. The van der Waals surface area contributed by atoms with Crippen LogP contribution in [0.2, 0.25) is 0 Å². The second-order valence-electron chi connectivity index (χ2n) is 8.26. The molecule has 10 nitrogen and oxygen atoms in total. The number of hydrogen-bond donors (Lipinski definition) is 1. The molecular formula is C23H23FN8O2S. The second kappa shape index (κ2) is 9.56. The van der Waals surface area contributed by atoms with Gasteiger partial charge in [-0.3, -0.25) is 14.9 Å². The van der Waals surface area contributed by atoms with Crippen LogP contribution in [0, 0.1) is 5.82 Å². The molecule has 1 aromatic carbocycles. The number of aromatic nitrogens is 5. The van der Waals surface area contributed by atoms with Crippen LogP contribution in [-0.2, 0) is 16.6 Å². The van der Waals surface area contributed by atoms with Gasteiger partial charge in [0.1, 0.15) is 11.5 Å². The number of fused-ring (bicyclic) bond motifs is 1. The van der Waals surface area contributed by atoms with Crippen LogP contribution in [0.25, 0.3) is 22.3 Å². The first-order valence-electron chi connectivity index (χ1n) is 11.0. The van der Waals surface area contributed by atoms with E-state index >= 15 is 0 Å². The largest absolute Gasteiger partial charge is 0.309 e. The van der Waals surface area contributed by atoms with Gasteiger partial charge in [0.2, 0.25) is 16.0 Å². The van der Waals surface area contributed by atoms with Crippen molar-refractivity contribution in [3.05, 3.63) is 66.5 Å². The molecule has 5 rings (SSSR count). The van der Waals surface area contributed by atoms with E-state index in [0.717, 1.165) is 11.8 Å². The van der Waals surface area contributed by atoms with Gasteiger partial charge in [-0.05, 0) is 23.8 Å². The van der Waals surface area contributed by atoms with Gasteiger partial charge in [0.15, 0.2) is 5.82 Å². The van der Waals surface area contributed by atoms with Crippen molar-refractivity contribution in [2.24, 2.45) is 0 Å². The van der Waals surface area contributed by atoms with Crippen LogP contribution in [0.4, 0.5) is 16.2 Å². The van der Waals surface area contributed by atoms with Crippen molar-refractivity contribution in [3.8, 4) is 11.3 Å². The van der Waals surface area contributed by atoms with Crippen LogP contribution in [0.3, 0.4) is 0 Å². The molecule has 35 heavy (non-hydrogen) atoms. The number of nitrogens with zero attached hydrogens (tertiary/aromatic N) is 7. The summed E-state index contributed by atoms with van der Waals surface area (Å²) in [6, 6.07) is 8.99. The first kappa shape index (κ1) is 23.1. The molecule has 4 heterocycles. The van der Waals surface area contributed by atoms with Crippen LogP contribution in [0.1, 0.15) is 5.56 Å². The molecule has 0 bridgehead atoms. The Morgan fingerprint density at radius 1 is 0.943 bits per heavy atom. The van der Waals surface area contributed by atoms with Crippen molar-refractivity contribution < 1.29 is 12.8 Å². The van der Waals surface area contributed by atoms with Crippen molar-refractivity contribution >= 4 is 32.8 Å². The smallest absolute Gasteiger partial charge is 0.229 e. The zero-order chi connectivity index (χ0) is 24.4. The number of pyridine rings is 1. The first-order chi connectivity index (χ1) is 16.8. The van der Waals surface area contributed by atoms with Gasteiger partial charge in [0.05, 0.1) is 23.5 Å². The molecule has 0 saturated carbocycles. The van der Waals surface area contributed by atoms with Gasteiger partial charge in [0, 0.05) is 56.9 Å². The molecule has 0 unspecified atom stereocenters. The molecule has 0 aliphatic carbocycles. The minimum atomic E-state index is -3.15. The number of rotatable bonds is 6. The Balaban J connectivity index is 1.26. The van der Waals surface area contributed by atoms with Gasteiger partial charge in [-0.1, -0.05) is 12.1 Å². The highest BCUT2D eigenvalue weighted by molar-refractivity contribution is 7.88. The molecule has 0 amide bonds. The topological polar surface area (TPSA) is 117 Å². The van der Waals surface area contributed by atoms with Crippen molar-refractivity contribution in [1.29, 1.82) is 0 Å². The fraction of sp³-hybridized carbons (Fsp3) is 0.261. The van der Waals surface area contributed by atoms with E-state index in [9.17, 15) is 12.8 Å². The van der Waals surface area contributed by atoms with E-state index in [1.54, 1.807) is 42.9 Å². The van der Waals surface area contributed by atoms with Gasteiger partial charge >= 0.3 is 0 Å². The Bertz CT molecular complexity index is 1460. The van der Waals surface area contributed by atoms with E-state index in [2.05, 4.69) is 35.1 Å². The fourth-order valence-corrected chi connectivity index (χ4v) is 4.75. The van der Waals surface area contributed by atoms with E-state index < -0.39 is 15.8 Å². The molecule has 0 spiro atoms. The third kappa shape index (κ3) is 5.39. The van der Waals surface area contributed by atoms with Crippen LogP contribution >= 0.6 is 0 Å². The Hall–Kier alpha value is -3.61. The van der Waals surface area contributed by atoms with Crippen LogP contribution in [-0.4, -0.2) is 75.0 Å². The molecule has 1 N–H and O–H groups in total. The van der Waals surface area contributed by atoms with Crippen LogP contribution in [0.15, 0.2) is 55.1 Å². The maximum absolute atomic E-state index is 14.5. The molecule has 3 aromatic heterocycles. The lowest BCUT2D eigenvalue weighted by Crippen LogP contribution is -2.47. The lowest BCUT2D eigenvalue weighted by Gasteiger charge is -2.33. The highest BCUT2D eigenvalue weighted by atomic mass is 32.2. The third-order valence-electron chi connectivity index (χ3n) is 5.76. The zero-order valence-corrected chi connectivity index (χ0v) is 19.8. The summed E-state index contributed by atoms with van der Waals surface area (Å²) in [4.78, 5) is 23.5. The normalized spacial score (nSPS) is 15.4. The SMILES string of the molecule is CS(=O)(=O)N1CCN(Cc2ccc(Nc3ncc(F)c(-c4ccc5nccnc5c4)n3)nc2)CC1. The average Bonchev–Trinajstić information content (AvgIpc) is 2.86. The van der Waals surface area contributed by atoms with Gasteiger partial charge < -0.3 is 5.32 Å². The highest BCUT2D eigenvalue weighted by Gasteiger charge is 2.23. The molecule has 180 valence electrons. The van der Waals surface area contributed by atoms with Crippen molar-refractivity contribution in [2.75, 3.05) is 37.8 Å². The molecular weight excluding hydrogens is 471 g/mol. The van der Waals surface area contributed by atoms with E-state index in [1.165, 1.54) is 10.6 Å². The van der Waals surface area contributed by atoms with Crippen molar-refractivity contribution in [1.82, 2.24) is 34.1 Å². The van der Waals surface area contributed by atoms with E-state index in [4.69, 9.17) is 0 Å². The summed E-state index contributed by atoms with van der Waals surface area (Å²) in [7, 11) is -3.15. The predicted molar refractivity (Wildman–Crippen MR) is 130 cm³/mol. The standard InChI is InChI=1S/C23H23FN8O2S/c1-35(33,34)32-10-8-31(9-11-32)15-16-2-5-21(27-13-16)29-23-28-14-18(24)22(30-23)17-3-4-19-20(12-17)26-7-6-25-19/h2-7,12-14H,8-11,15H2,1H3,(H,27,28,29,30). The van der Waals surface area contributed by atoms with E-state index in [1.807, 2.05) is 6.07 Å². The zero-order valence-electron chi connectivity index (χ0n) is 19.0. The minimum Gasteiger partial charge on any atom is -0.309 e. The molecule has 1 aliphatic rings. The Labute approximate surface area is 202 Å². The predicted octanol–water partition coefficient (Wildman–Crippen LogP) is 2.44. The number of hydrogen-bond acceptors (Lipinski definition) is 9. The van der Waals surface area contributed by atoms with E-state index in [0.29, 0.717) is 55.1 Å². The number of piperazine rings is 1. The third-order valence-corrected chi connectivity index (χ3v) is 7.06. The van der Waals surface area contributed by atoms with Crippen molar-refractivity contribution in [2.45, 2.75) is 6.54 Å². The van der Waals surface area contributed by atoms with Gasteiger partial charge in [-0.25, -0.2) is 27.8 Å². The average molecular weight is 495 g/mol. The summed E-state index contributed by atoms with van der Waals surface area (Å²) in [6.45, 7) is 2.98. The number of halogens is 1. The quantitative estimate of drug-likeness (QED) is 0.431.